The van der Waals surface area contributed by atoms with Crippen molar-refractivity contribution in [3.63, 3.8) is 0 Å². The van der Waals surface area contributed by atoms with Crippen LogP contribution in [0, 0.1) is 0 Å². The van der Waals surface area contributed by atoms with Gasteiger partial charge in [-0.3, -0.25) is 0 Å². The van der Waals surface area contributed by atoms with Crippen LogP contribution in [0.2, 0.25) is 0 Å². The first kappa shape index (κ1) is 16.3. The summed E-state index contributed by atoms with van der Waals surface area (Å²) in [5.74, 6) is 0.870. The highest BCUT2D eigenvalue weighted by Crippen LogP contribution is 2.24. The smallest absolute Gasteiger partial charge is 0.123 e. The fraction of sp³-hybridized carbons (Fsp3) is 0.647. The third kappa shape index (κ3) is 4.99. The lowest BCUT2D eigenvalue weighted by atomic mass is 10.1. The summed E-state index contributed by atoms with van der Waals surface area (Å²) in [6, 6.07) is 8.07. The maximum atomic E-state index is 10.0. The zero-order valence-corrected chi connectivity index (χ0v) is 13.0. The number of hydrogen-bond acceptors (Lipinski definition) is 4. The van der Waals surface area contributed by atoms with Gasteiger partial charge in [0.1, 0.15) is 5.75 Å². The maximum absolute atomic E-state index is 10.0. The molecular formula is C17H27NO3. The summed E-state index contributed by atoms with van der Waals surface area (Å²) >= 11 is 0. The monoisotopic (exact) mass is 293 g/mol. The molecule has 4 heteroatoms. The summed E-state index contributed by atoms with van der Waals surface area (Å²) in [6.07, 6.45) is 4.66. The molecule has 0 amide bonds. The van der Waals surface area contributed by atoms with Crippen LogP contribution in [0.3, 0.4) is 0 Å². The molecule has 0 radical (unpaired) electrons. The molecule has 1 saturated carbocycles. The van der Waals surface area contributed by atoms with Crippen molar-refractivity contribution >= 4 is 0 Å². The molecule has 1 aromatic rings. The lowest BCUT2D eigenvalue weighted by Gasteiger charge is -2.20. The van der Waals surface area contributed by atoms with Crippen molar-refractivity contribution < 1.29 is 14.6 Å². The number of aliphatic hydroxyl groups excluding tert-OH is 1. The van der Waals surface area contributed by atoms with Gasteiger partial charge in [0, 0.05) is 18.2 Å². The van der Waals surface area contributed by atoms with Gasteiger partial charge in [-0.15, -0.1) is 0 Å². The van der Waals surface area contributed by atoms with Crippen molar-refractivity contribution in [1.29, 1.82) is 0 Å². The number of para-hydroxylation sites is 1. The molecule has 2 rings (SSSR count). The first-order valence-corrected chi connectivity index (χ1v) is 7.86. The molecular weight excluding hydrogens is 266 g/mol. The maximum Gasteiger partial charge on any atom is 0.123 e. The molecule has 1 aliphatic rings. The van der Waals surface area contributed by atoms with Crippen LogP contribution < -0.4 is 10.1 Å². The second kappa shape index (κ2) is 8.37. The van der Waals surface area contributed by atoms with Crippen molar-refractivity contribution in [2.75, 3.05) is 20.3 Å². The fourth-order valence-electron chi connectivity index (χ4n) is 2.81. The predicted octanol–water partition coefficient (Wildman–Crippen LogP) is 2.67. The van der Waals surface area contributed by atoms with Crippen LogP contribution in [0.4, 0.5) is 0 Å². The van der Waals surface area contributed by atoms with Crippen LogP contribution in [0.15, 0.2) is 24.3 Å². The molecule has 1 aliphatic carbocycles. The minimum Gasteiger partial charge on any atom is -0.496 e. The van der Waals surface area contributed by atoms with Crippen LogP contribution >= 0.6 is 0 Å². The van der Waals surface area contributed by atoms with E-state index in [4.69, 9.17) is 9.47 Å². The third-order valence-corrected chi connectivity index (χ3v) is 4.09. The molecule has 0 bridgehead atoms. The Labute approximate surface area is 127 Å². The van der Waals surface area contributed by atoms with Gasteiger partial charge in [0.2, 0.25) is 0 Å². The van der Waals surface area contributed by atoms with Gasteiger partial charge in [-0.25, -0.2) is 0 Å². The van der Waals surface area contributed by atoms with E-state index >= 15 is 0 Å². The summed E-state index contributed by atoms with van der Waals surface area (Å²) in [7, 11) is 1.68. The van der Waals surface area contributed by atoms with E-state index in [2.05, 4.69) is 12.2 Å². The molecule has 118 valence electrons. The molecule has 0 saturated heterocycles. The molecule has 1 fully saturated rings. The quantitative estimate of drug-likeness (QED) is 0.774. The fourth-order valence-corrected chi connectivity index (χ4v) is 2.81. The van der Waals surface area contributed by atoms with E-state index in [1.807, 2.05) is 24.3 Å². The van der Waals surface area contributed by atoms with Gasteiger partial charge < -0.3 is 19.9 Å². The number of rotatable bonds is 8. The summed E-state index contributed by atoms with van der Waals surface area (Å²) in [4.78, 5) is 0. The Morgan fingerprint density at radius 2 is 2.00 bits per heavy atom. The molecule has 0 aromatic heterocycles. The van der Waals surface area contributed by atoms with Gasteiger partial charge in [-0.1, -0.05) is 31.0 Å². The molecule has 0 spiro atoms. The Balaban J connectivity index is 1.73. The first-order chi connectivity index (χ1) is 10.2. The van der Waals surface area contributed by atoms with E-state index in [1.165, 1.54) is 12.8 Å². The Hall–Kier alpha value is -1.10. The third-order valence-electron chi connectivity index (χ3n) is 4.09. The number of nitrogens with one attached hydrogen (secondary N) is 1. The van der Waals surface area contributed by atoms with Gasteiger partial charge in [0.15, 0.2) is 0 Å². The standard InChI is InChI=1S/C17H27NO3/c1-13(16-9-5-6-10-17(16)20-2)18-11-14(19)12-21-15-7-3-4-8-15/h5-6,9-10,13-15,18-19H,3-4,7-8,11-12H2,1-2H3/t13-,14?/m0/s1. The van der Waals surface area contributed by atoms with E-state index in [0.717, 1.165) is 24.2 Å². The summed E-state index contributed by atoms with van der Waals surface area (Å²) in [6.45, 7) is 3.00. The van der Waals surface area contributed by atoms with E-state index in [0.29, 0.717) is 19.3 Å². The van der Waals surface area contributed by atoms with Crippen molar-refractivity contribution in [3.8, 4) is 5.75 Å². The number of ether oxygens (including phenoxy) is 2. The summed E-state index contributed by atoms with van der Waals surface area (Å²) in [5.41, 5.74) is 1.10. The van der Waals surface area contributed by atoms with Crippen molar-refractivity contribution in [1.82, 2.24) is 5.32 Å². The van der Waals surface area contributed by atoms with Gasteiger partial charge in [0.25, 0.3) is 0 Å². The van der Waals surface area contributed by atoms with Gasteiger partial charge >= 0.3 is 0 Å². The van der Waals surface area contributed by atoms with Crippen LogP contribution in [-0.2, 0) is 4.74 Å². The largest absolute Gasteiger partial charge is 0.496 e. The Bertz CT molecular complexity index is 418. The molecule has 0 aliphatic heterocycles. The number of methoxy groups -OCH3 is 1. The summed E-state index contributed by atoms with van der Waals surface area (Å²) in [5, 5.41) is 13.4. The highest BCUT2D eigenvalue weighted by molar-refractivity contribution is 5.35. The predicted molar refractivity (Wildman–Crippen MR) is 83.6 cm³/mol. The van der Waals surface area contributed by atoms with Gasteiger partial charge in [-0.05, 0) is 25.8 Å². The Morgan fingerprint density at radius 1 is 1.29 bits per heavy atom. The van der Waals surface area contributed by atoms with E-state index in [-0.39, 0.29) is 6.04 Å². The molecule has 21 heavy (non-hydrogen) atoms. The zero-order valence-electron chi connectivity index (χ0n) is 13.0. The average molecular weight is 293 g/mol. The van der Waals surface area contributed by atoms with E-state index in [1.54, 1.807) is 7.11 Å². The average Bonchev–Trinajstić information content (AvgIpc) is 3.04. The minimum absolute atomic E-state index is 0.127. The lowest BCUT2D eigenvalue weighted by Crippen LogP contribution is -2.33. The van der Waals surface area contributed by atoms with Crippen molar-refractivity contribution in [2.24, 2.45) is 0 Å². The number of benzene rings is 1. The highest BCUT2D eigenvalue weighted by atomic mass is 16.5. The van der Waals surface area contributed by atoms with Crippen molar-refractivity contribution in [3.05, 3.63) is 29.8 Å². The van der Waals surface area contributed by atoms with Crippen LogP contribution in [0.5, 0.6) is 5.75 Å². The zero-order chi connectivity index (χ0) is 15.1. The molecule has 2 N–H and O–H groups in total. The van der Waals surface area contributed by atoms with Crippen LogP contribution in [0.25, 0.3) is 0 Å². The normalized spacial score (nSPS) is 18.6. The highest BCUT2D eigenvalue weighted by Gasteiger charge is 2.17. The topological polar surface area (TPSA) is 50.7 Å². The SMILES string of the molecule is COc1ccccc1[C@H](C)NCC(O)COC1CCCC1. The van der Waals surface area contributed by atoms with E-state index in [9.17, 15) is 5.11 Å². The molecule has 0 heterocycles. The number of hydrogen-bond donors (Lipinski definition) is 2. The molecule has 1 unspecified atom stereocenters. The lowest BCUT2D eigenvalue weighted by molar-refractivity contribution is -0.00611. The van der Waals surface area contributed by atoms with Gasteiger partial charge in [-0.2, -0.15) is 0 Å². The first-order valence-electron chi connectivity index (χ1n) is 7.86. The van der Waals surface area contributed by atoms with Crippen molar-refractivity contribution in [2.45, 2.75) is 50.9 Å². The minimum atomic E-state index is -0.470. The van der Waals surface area contributed by atoms with E-state index < -0.39 is 6.10 Å². The Morgan fingerprint density at radius 3 is 2.71 bits per heavy atom. The Kier molecular flexibility index (Phi) is 6.49. The molecule has 1 aromatic carbocycles. The second-order valence-electron chi connectivity index (χ2n) is 5.77. The number of aliphatic hydroxyl groups is 1. The molecule has 4 nitrogen and oxygen atoms in total. The van der Waals surface area contributed by atoms with Crippen LogP contribution in [-0.4, -0.2) is 37.6 Å². The summed E-state index contributed by atoms with van der Waals surface area (Å²) < 4.78 is 11.1. The second-order valence-corrected chi connectivity index (χ2v) is 5.77. The van der Waals surface area contributed by atoms with Crippen LogP contribution in [0.1, 0.15) is 44.2 Å². The van der Waals surface area contributed by atoms with Gasteiger partial charge in [0.05, 0.1) is 25.9 Å². The molecule has 2 atom stereocenters.